The quantitative estimate of drug-likeness (QED) is 0.00591. The predicted molar refractivity (Wildman–Crippen MR) is 566 cm³/mol. The summed E-state index contributed by atoms with van der Waals surface area (Å²) in [7, 11) is 29.2. The minimum atomic E-state index is -0.648. The van der Waals surface area contributed by atoms with Crippen LogP contribution in [0.15, 0.2) is 219 Å². The Labute approximate surface area is 867 Å². The molecule has 12 aromatic carbocycles. The van der Waals surface area contributed by atoms with Gasteiger partial charge < -0.3 is 121 Å². The van der Waals surface area contributed by atoms with Gasteiger partial charge in [0.25, 0.3) is 0 Å². The van der Waals surface area contributed by atoms with Crippen molar-refractivity contribution in [1.29, 1.82) is 0 Å². The van der Waals surface area contributed by atoms with Gasteiger partial charge in [-0.15, -0.1) is 0 Å². The molecule has 12 aromatic rings. The van der Waals surface area contributed by atoms with E-state index in [0.29, 0.717) is 125 Å². The van der Waals surface area contributed by atoms with Crippen molar-refractivity contribution >= 4 is 112 Å². The third-order valence-corrected chi connectivity index (χ3v) is 21.9. The monoisotopic (exact) mass is 2090 g/mol. The summed E-state index contributed by atoms with van der Waals surface area (Å²) in [5.74, 6) is 1.64. The number of benzene rings is 12. The Bertz CT molecular complexity index is 6520. The maximum Gasteiger partial charge on any atom is 0.311 e. The Morgan fingerprint density at radius 2 is 0.467 bits per heavy atom. The van der Waals surface area contributed by atoms with Gasteiger partial charge in [-0.2, -0.15) is 0 Å². The minimum Gasteiger partial charge on any atom is -0.504 e. The number of nitro benzene ring substituents is 1. The number of nitrogens with one attached hydrogen (secondary N) is 4. The molecule has 12 rings (SSSR count). The average Bonchev–Trinajstić information content (AvgIpc) is 0.818. The molecule has 0 saturated carbocycles. The van der Waals surface area contributed by atoms with Crippen molar-refractivity contribution in [3.63, 3.8) is 0 Å². The maximum atomic E-state index is 14.8. The lowest BCUT2D eigenvalue weighted by Gasteiger charge is -2.13. The van der Waals surface area contributed by atoms with Gasteiger partial charge in [0.05, 0.1) is 175 Å². The summed E-state index contributed by atoms with van der Waals surface area (Å²) >= 11 is 6.10. The van der Waals surface area contributed by atoms with E-state index in [1.165, 1.54) is 264 Å². The molecule has 32 nitrogen and oxygen atoms in total. The predicted octanol–water partition coefficient (Wildman–Crippen LogP) is 23.8. The highest BCUT2D eigenvalue weighted by atomic mass is 35.5. The highest BCUT2D eigenvalue weighted by molar-refractivity contribution is 6.32. The molecule has 786 valence electrons. The fourth-order valence-electron chi connectivity index (χ4n) is 14.3. The van der Waals surface area contributed by atoms with Gasteiger partial charge in [0, 0.05) is 77.4 Å². The molecule has 5 N–H and O–H groups in total. The summed E-state index contributed by atoms with van der Waals surface area (Å²) in [6, 6.07) is 42.8. The highest BCUT2D eigenvalue weighted by Crippen LogP contribution is 2.45. The Morgan fingerprint density at radius 1 is 0.253 bits per heavy atom. The summed E-state index contributed by atoms with van der Waals surface area (Å²) in [4.78, 5) is 60.5. The Morgan fingerprint density at radius 3 is 0.687 bits per heavy atom. The van der Waals surface area contributed by atoms with Crippen LogP contribution in [0.5, 0.6) is 121 Å². The number of methoxy groups -OCH3 is 20. The molecule has 0 aliphatic carbocycles. The van der Waals surface area contributed by atoms with Crippen LogP contribution in [0.4, 0.5) is 50.4 Å². The highest BCUT2D eigenvalue weighted by Gasteiger charge is 2.24. The number of rotatable bonds is 45. The Balaban J connectivity index is 0.000000222. The summed E-state index contributed by atoms with van der Waals surface area (Å²) < 4.78 is 178. The van der Waals surface area contributed by atoms with Crippen LogP contribution in [0.2, 0.25) is 5.02 Å². The van der Waals surface area contributed by atoms with Gasteiger partial charge in [0.1, 0.15) is 5.75 Å². The number of ketones is 4. The number of ether oxygens (including phenoxy) is 20. The third-order valence-electron chi connectivity index (χ3n) is 21.6. The molecule has 0 aliphatic rings. The Hall–Kier alpha value is -18.4. The third kappa shape index (κ3) is 30.4. The summed E-state index contributed by atoms with van der Waals surface area (Å²) in [5.41, 5.74) is 6.77. The van der Waals surface area contributed by atoms with Gasteiger partial charge in [0.15, 0.2) is 144 Å². The van der Waals surface area contributed by atoms with Crippen molar-refractivity contribution in [2.75, 3.05) is 163 Å². The lowest BCUT2D eigenvalue weighted by Crippen LogP contribution is -2.01. The number of allylic oxidation sites excluding steroid dienone is 4. The van der Waals surface area contributed by atoms with E-state index < -0.39 is 45.6 Å². The van der Waals surface area contributed by atoms with Crippen molar-refractivity contribution < 1.29 is 146 Å². The fourth-order valence-corrected chi connectivity index (χ4v) is 14.6. The van der Waals surface area contributed by atoms with Crippen LogP contribution in [-0.2, 0) is 0 Å². The number of hydrogen-bond donors (Lipinski definition) is 5. The number of hydrogen-bond acceptors (Lipinski definition) is 31. The fraction of sp³-hybridized carbons (Fsp3) is 0.179. The summed E-state index contributed by atoms with van der Waals surface area (Å²) in [6.45, 7) is 0. The van der Waals surface area contributed by atoms with E-state index in [9.17, 15) is 56.4 Å². The number of carbonyl (C=O) groups is 4. The van der Waals surface area contributed by atoms with Gasteiger partial charge in [-0.3, -0.25) is 29.3 Å². The van der Waals surface area contributed by atoms with Gasteiger partial charge in [-0.25, -0.2) is 22.0 Å². The van der Waals surface area contributed by atoms with E-state index >= 15 is 0 Å². The number of phenolic OH excluding ortho intramolecular Hbond substituents is 1. The number of anilines is 4. The lowest BCUT2D eigenvalue weighted by molar-refractivity contribution is -0.385. The first-order valence-corrected chi connectivity index (χ1v) is 44.9. The average molecular weight is 2090 g/mol. The van der Waals surface area contributed by atoms with Crippen molar-refractivity contribution in [2.45, 2.75) is 0 Å². The zero-order valence-electron chi connectivity index (χ0n) is 85.2. The number of nitrogens with zero attached hydrogens (tertiary/aromatic N) is 1. The second-order valence-electron chi connectivity index (χ2n) is 30.6. The Kier molecular flexibility index (Phi) is 43.6. The number of phenols is 1. The molecule has 38 heteroatoms. The van der Waals surface area contributed by atoms with E-state index in [-0.39, 0.29) is 91.3 Å². The van der Waals surface area contributed by atoms with Gasteiger partial charge >= 0.3 is 5.69 Å². The summed E-state index contributed by atoms with van der Waals surface area (Å²) in [6.07, 6.45) is 24.2. The second kappa shape index (κ2) is 56.7. The van der Waals surface area contributed by atoms with E-state index in [1.54, 1.807) is 134 Å². The van der Waals surface area contributed by atoms with Crippen LogP contribution >= 0.6 is 11.6 Å². The van der Waals surface area contributed by atoms with Crippen molar-refractivity contribution in [3.8, 4) is 121 Å². The SMILES string of the molecule is COc1ccc(C(=O)/C=C\Nc2cc(/C=C\c3cc(OC)c(OC)c(OC)c3)cc(F)c2OC)cc1Cl.COc1ccc(C(=O)/C=C\Nc2cc(/C=C\c3cc(OC)c(OC)c(OC)c3)cc(F)c2OC)cc1F.COc1ccc(C(=O)/C=C\Nc2cc(/C=C\c3cc(OC)c(OC)c(OC)c3)cc(F)c2OC)cc1O.COc1ccc(C(=O)/C=C\Nc2cc(/C=C\c3cc(OC)c(OC)c(OC)c3)cc(F)c2OC)cc1[N+](=O)[O-]. The van der Waals surface area contributed by atoms with E-state index in [1.807, 2.05) is 0 Å². The van der Waals surface area contributed by atoms with Gasteiger partial charge in [0.2, 0.25) is 23.0 Å². The normalized spacial score (nSPS) is 11.0. The molecule has 0 aliphatic heterocycles. The molecule has 150 heavy (non-hydrogen) atoms. The number of halogens is 6. The molecular formula is C112H109ClF5N5O27. The van der Waals surface area contributed by atoms with Crippen molar-refractivity contribution in [3.05, 3.63) is 330 Å². The van der Waals surface area contributed by atoms with Gasteiger partial charge in [-0.05, 0) is 208 Å². The zero-order chi connectivity index (χ0) is 109. The molecule has 0 atom stereocenters. The molecule has 0 fully saturated rings. The molecule has 0 unspecified atom stereocenters. The standard InChI is InChI=1S/C28H27ClFNO6.C28H27F2NO6.C28H27FN2O8.C28H28FNO7/c2*1-33-24-9-8-19(16-20(24)29)23(32)10-11-31-22-13-17(12-21(30)27(22)36-4)6-7-18-14-25(34-2)28(37-5)26(15-18)35-3;1-35-24-9-8-19(16-22(24)31(33)34)23(32)10-11-30-21-13-17(12-20(29)27(21)38-4)6-7-18-14-25(36-2)28(39-5)26(15-18)37-3;1-33-24-9-8-19(16-23(24)32)22(31)10-11-30-21-13-17(12-20(29)27(21)36-4)6-7-18-14-25(34-2)28(37-5)26(15-18)35-3/h2*6-16,31H,1-5H3;6-16,30H,1-5H3;6-16,30,32H,1-5H3/b4*7-6-,11-10-. The number of nitro groups is 1. The number of aromatic hydroxyl groups is 1. The largest absolute Gasteiger partial charge is 0.504 e. The first-order valence-electron chi connectivity index (χ1n) is 44.5. The van der Waals surface area contributed by atoms with Crippen LogP contribution in [0, 0.1) is 39.2 Å². The van der Waals surface area contributed by atoms with Crippen LogP contribution < -0.4 is 116 Å². The van der Waals surface area contributed by atoms with Gasteiger partial charge in [-0.1, -0.05) is 60.2 Å². The van der Waals surface area contributed by atoms with Crippen LogP contribution in [0.3, 0.4) is 0 Å². The van der Waals surface area contributed by atoms with Crippen LogP contribution in [-0.4, -0.2) is 175 Å². The van der Waals surface area contributed by atoms with Crippen molar-refractivity contribution in [1.82, 2.24) is 0 Å². The molecule has 0 saturated heterocycles. The second-order valence-corrected chi connectivity index (χ2v) is 31.0. The molecule has 0 radical (unpaired) electrons. The molecule has 0 heterocycles. The molecule has 0 spiro atoms. The first kappa shape index (κ1) is 115. The van der Waals surface area contributed by atoms with Crippen molar-refractivity contribution in [2.24, 2.45) is 0 Å². The smallest absolute Gasteiger partial charge is 0.311 e. The van der Waals surface area contributed by atoms with E-state index in [4.69, 9.17) is 106 Å². The first-order chi connectivity index (χ1) is 72.3. The van der Waals surface area contributed by atoms with E-state index in [2.05, 4.69) is 21.3 Å². The van der Waals surface area contributed by atoms with Crippen LogP contribution in [0.1, 0.15) is 85.9 Å². The topological polar surface area (TPSA) is 364 Å². The minimum absolute atomic E-state index is 0.00882. The van der Waals surface area contributed by atoms with Crippen LogP contribution in [0.25, 0.3) is 48.6 Å². The van der Waals surface area contributed by atoms with E-state index in [0.717, 1.165) is 28.8 Å². The summed E-state index contributed by atoms with van der Waals surface area (Å²) in [5, 5.41) is 33.0. The number of carbonyl (C=O) groups excluding carboxylic acids is 4. The molecule has 0 aromatic heterocycles. The lowest BCUT2D eigenvalue weighted by atomic mass is 10.1. The molecular weight excluding hydrogens is 1980 g/mol. The molecule has 0 bridgehead atoms. The zero-order valence-corrected chi connectivity index (χ0v) is 85.9. The maximum absolute atomic E-state index is 14.8. The molecule has 0 amide bonds.